The van der Waals surface area contributed by atoms with Crippen LogP contribution in [0.1, 0.15) is 91.9 Å². The summed E-state index contributed by atoms with van der Waals surface area (Å²) < 4.78 is 5.10. The van der Waals surface area contributed by atoms with Crippen molar-refractivity contribution in [3.63, 3.8) is 0 Å². The summed E-state index contributed by atoms with van der Waals surface area (Å²) >= 11 is 0. The van der Waals surface area contributed by atoms with Gasteiger partial charge in [-0.25, -0.2) is 9.59 Å². The van der Waals surface area contributed by atoms with Crippen molar-refractivity contribution >= 4 is 23.7 Å². The van der Waals surface area contributed by atoms with E-state index in [0.29, 0.717) is 6.42 Å². The van der Waals surface area contributed by atoms with Crippen LogP contribution in [0.2, 0.25) is 0 Å². The Morgan fingerprint density at radius 3 is 2.19 bits per heavy atom. The first-order chi connectivity index (χ1) is 16.8. The van der Waals surface area contributed by atoms with E-state index in [9.17, 15) is 19.5 Å². The second kappa shape index (κ2) is 12.5. The molecule has 1 rings (SSSR count). The number of hydrogen-bond donors (Lipinski definition) is 4. The Bertz CT molecular complexity index is 991. The van der Waals surface area contributed by atoms with Gasteiger partial charge in [-0.2, -0.15) is 0 Å². The smallest absolute Gasteiger partial charge is 0.411 e. The molecule has 0 aliphatic carbocycles. The van der Waals surface area contributed by atoms with Gasteiger partial charge in [0.25, 0.3) is 0 Å². The Labute approximate surface area is 221 Å². The van der Waals surface area contributed by atoms with Gasteiger partial charge >= 0.3 is 12.1 Å². The highest BCUT2D eigenvalue weighted by Gasteiger charge is 2.43. The number of hydrogen-bond acceptors (Lipinski definition) is 5. The number of carboxylic acids is 1. The van der Waals surface area contributed by atoms with Crippen molar-refractivity contribution in [1.29, 1.82) is 0 Å². The number of aromatic carboxylic acids is 1. The zero-order valence-corrected chi connectivity index (χ0v) is 23.9. The van der Waals surface area contributed by atoms with Crippen LogP contribution in [0.15, 0.2) is 30.4 Å². The van der Waals surface area contributed by atoms with Crippen molar-refractivity contribution < 1.29 is 29.3 Å². The number of aromatic hydroxyl groups is 1. The Hall–Kier alpha value is -3.03. The third-order valence-electron chi connectivity index (χ3n) is 7.09. The van der Waals surface area contributed by atoms with Crippen LogP contribution in [0.25, 0.3) is 0 Å². The van der Waals surface area contributed by atoms with E-state index in [-0.39, 0.29) is 46.6 Å². The molecule has 0 bridgehead atoms. The minimum absolute atomic E-state index is 0.0524. The number of amides is 2. The molecule has 8 heteroatoms. The van der Waals surface area contributed by atoms with E-state index in [2.05, 4.69) is 71.3 Å². The molecule has 0 fully saturated rings. The van der Waals surface area contributed by atoms with Crippen LogP contribution in [0.3, 0.4) is 0 Å². The average Bonchev–Trinajstić information content (AvgIpc) is 2.75. The van der Waals surface area contributed by atoms with E-state index in [0.717, 1.165) is 18.9 Å². The molecule has 0 saturated heterocycles. The number of phenols is 1. The van der Waals surface area contributed by atoms with Gasteiger partial charge in [0.2, 0.25) is 5.91 Å². The van der Waals surface area contributed by atoms with E-state index < -0.39 is 23.2 Å². The highest BCUT2D eigenvalue weighted by Crippen LogP contribution is 2.49. The van der Waals surface area contributed by atoms with Crippen molar-refractivity contribution in [3.05, 3.63) is 35.9 Å². The summed E-state index contributed by atoms with van der Waals surface area (Å²) in [5.41, 5.74) is -0.807. The molecule has 2 amide bonds. The molecule has 4 N–H and O–H groups in total. The van der Waals surface area contributed by atoms with Crippen LogP contribution in [0.4, 0.5) is 10.5 Å². The van der Waals surface area contributed by atoms with E-state index in [1.165, 1.54) is 12.1 Å². The van der Waals surface area contributed by atoms with Crippen molar-refractivity contribution in [2.75, 3.05) is 18.5 Å². The zero-order valence-electron chi connectivity index (χ0n) is 23.9. The molecule has 0 saturated carbocycles. The van der Waals surface area contributed by atoms with Gasteiger partial charge in [0.05, 0.1) is 6.54 Å². The van der Waals surface area contributed by atoms with Gasteiger partial charge in [-0.3, -0.25) is 10.1 Å². The lowest BCUT2D eigenvalue weighted by atomic mass is 9.59. The number of rotatable bonds is 12. The minimum atomic E-state index is -1.32. The SMILES string of the molecule is CCC(C)(C=CCC(C)(C)C)C(C)(C)CC(C)(C)C(=O)NCCOC(=O)Nc1ccc(O)c(C(=O)O)c1. The van der Waals surface area contributed by atoms with Crippen LogP contribution in [0.5, 0.6) is 5.75 Å². The number of anilines is 1. The summed E-state index contributed by atoms with van der Waals surface area (Å²) in [6, 6.07) is 3.66. The van der Waals surface area contributed by atoms with Crippen LogP contribution in [-0.4, -0.2) is 41.3 Å². The summed E-state index contributed by atoms with van der Waals surface area (Å²) in [5, 5.41) is 23.9. The quantitative estimate of drug-likeness (QED) is 0.140. The summed E-state index contributed by atoms with van der Waals surface area (Å²) in [6.45, 7) is 19.4. The first-order valence-electron chi connectivity index (χ1n) is 12.8. The zero-order chi connectivity index (χ0) is 28.7. The van der Waals surface area contributed by atoms with E-state index in [1.54, 1.807) is 0 Å². The lowest BCUT2D eigenvalue weighted by molar-refractivity contribution is -0.132. The number of carbonyl (C=O) groups excluding carboxylic acids is 2. The van der Waals surface area contributed by atoms with Gasteiger partial charge < -0.3 is 20.3 Å². The third kappa shape index (κ3) is 9.74. The van der Waals surface area contributed by atoms with Gasteiger partial charge in [0.15, 0.2) is 0 Å². The highest BCUT2D eigenvalue weighted by molar-refractivity contribution is 5.94. The van der Waals surface area contributed by atoms with Gasteiger partial charge in [-0.05, 0) is 53.7 Å². The fourth-order valence-corrected chi connectivity index (χ4v) is 4.37. The van der Waals surface area contributed by atoms with Crippen LogP contribution < -0.4 is 10.6 Å². The third-order valence-corrected chi connectivity index (χ3v) is 7.09. The number of carbonyl (C=O) groups is 3. The standard InChI is InChI=1S/C29H46N2O6/c1-10-29(9,15-11-14-26(2,3)4)28(7,8)19-27(5,6)24(35)30-16-17-37-25(36)31-20-12-13-22(32)21(18-20)23(33)34/h11-13,15,18,32H,10,14,16-17,19H2,1-9H3,(H,30,35)(H,31,36)(H,33,34). The first-order valence-corrected chi connectivity index (χ1v) is 12.8. The number of ether oxygens (including phenoxy) is 1. The summed E-state index contributed by atoms with van der Waals surface area (Å²) in [7, 11) is 0. The first kappa shape index (κ1) is 32.0. The van der Waals surface area contributed by atoms with Crippen molar-refractivity contribution in [2.24, 2.45) is 21.7 Å². The summed E-state index contributed by atoms with van der Waals surface area (Å²) in [4.78, 5) is 36.2. The Morgan fingerprint density at radius 1 is 1.03 bits per heavy atom. The number of benzene rings is 1. The lowest BCUT2D eigenvalue weighted by Crippen LogP contribution is -2.44. The monoisotopic (exact) mass is 518 g/mol. The summed E-state index contributed by atoms with van der Waals surface area (Å²) in [6.07, 6.45) is 6.40. The molecule has 0 aliphatic rings. The maximum Gasteiger partial charge on any atom is 0.411 e. The van der Waals surface area contributed by atoms with E-state index in [1.807, 2.05) is 13.8 Å². The van der Waals surface area contributed by atoms with Crippen LogP contribution in [0, 0.1) is 21.7 Å². The van der Waals surface area contributed by atoms with Crippen molar-refractivity contribution in [1.82, 2.24) is 5.32 Å². The molecule has 1 atom stereocenters. The molecule has 1 aromatic rings. The van der Waals surface area contributed by atoms with Crippen LogP contribution in [-0.2, 0) is 9.53 Å². The molecule has 8 nitrogen and oxygen atoms in total. The fraction of sp³-hybridized carbons (Fsp3) is 0.621. The molecule has 37 heavy (non-hydrogen) atoms. The number of carboxylic acid groups (broad SMARTS) is 1. The van der Waals surface area contributed by atoms with E-state index >= 15 is 0 Å². The second-order valence-electron chi connectivity index (χ2n) is 12.4. The number of allylic oxidation sites excluding steroid dienone is 2. The Balaban J connectivity index is 2.65. The second-order valence-corrected chi connectivity index (χ2v) is 12.4. The van der Waals surface area contributed by atoms with Gasteiger partial charge in [0, 0.05) is 11.1 Å². The number of nitrogens with one attached hydrogen (secondary N) is 2. The molecule has 0 radical (unpaired) electrons. The lowest BCUT2D eigenvalue weighted by Gasteiger charge is -2.46. The summed E-state index contributed by atoms with van der Waals surface area (Å²) in [5.74, 6) is -1.84. The molecular formula is C29H46N2O6. The predicted molar refractivity (Wildman–Crippen MR) is 147 cm³/mol. The Kier molecular flexibility index (Phi) is 10.8. The molecule has 208 valence electrons. The van der Waals surface area contributed by atoms with Crippen molar-refractivity contribution in [3.8, 4) is 5.75 Å². The molecule has 0 heterocycles. The normalized spacial score (nSPS) is 14.2. The van der Waals surface area contributed by atoms with Crippen molar-refractivity contribution in [2.45, 2.75) is 81.6 Å². The highest BCUT2D eigenvalue weighted by atomic mass is 16.5. The molecule has 0 aliphatic heterocycles. The fourth-order valence-electron chi connectivity index (χ4n) is 4.37. The average molecular weight is 519 g/mol. The van der Waals surface area contributed by atoms with E-state index in [4.69, 9.17) is 9.84 Å². The predicted octanol–water partition coefficient (Wildman–Crippen LogP) is 6.61. The molecule has 0 spiro atoms. The maximum atomic E-state index is 13.0. The molecular weight excluding hydrogens is 472 g/mol. The molecule has 0 aromatic heterocycles. The maximum absolute atomic E-state index is 13.0. The topological polar surface area (TPSA) is 125 Å². The van der Waals surface area contributed by atoms with Gasteiger partial charge in [-0.15, -0.1) is 0 Å². The minimum Gasteiger partial charge on any atom is -0.507 e. The van der Waals surface area contributed by atoms with Gasteiger partial charge in [0.1, 0.15) is 17.9 Å². The van der Waals surface area contributed by atoms with Crippen LogP contribution >= 0.6 is 0 Å². The van der Waals surface area contributed by atoms with Gasteiger partial charge in [-0.1, -0.05) is 74.5 Å². The molecule has 1 aromatic carbocycles. The molecule has 1 unspecified atom stereocenters. The largest absolute Gasteiger partial charge is 0.507 e. The Morgan fingerprint density at radius 2 is 1.65 bits per heavy atom.